The number of carbonyl (C=O) groups is 1. The Hall–Kier alpha value is -1.81. The first-order valence-corrected chi connectivity index (χ1v) is 7.02. The van der Waals surface area contributed by atoms with Crippen LogP contribution in [0.2, 0.25) is 0 Å². The lowest BCUT2D eigenvalue weighted by Crippen LogP contribution is -2.23. The zero-order valence-electron chi connectivity index (χ0n) is 12.3. The van der Waals surface area contributed by atoms with Crippen molar-refractivity contribution in [1.29, 1.82) is 0 Å². The molecular weight excluding hydrogens is 286 g/mol. The fraction of sp³-hybridized carbons (Fsp3) is 0.375. The molecule has 0 saturated heterocycles. The lowest BCUT2D eigenvalue weighted by atomic mass is 10.2. The van der Waals surface area contributed by atoms with Gasteiger partial charge in [0.15, 0.2) is 0 Å². The van der Waals surface area contributed by atoms with Gasteiger partial charge in [-0.05, 0) is 50.5 Å². The van der Waals surface area contributed by atoms with E-state index in [-0.39, 0.29) is 18.3 Å². The Morgan fingerprint density at radius 2 is 2.00 bits per heavy atom. The number of hydrogen-bond donors (Lipinski definition) is 1. The van der Waals surface area contributed by atoms with Gasteiger partial charge >= 0.3 is 0 Å². The molecule has 1 amide bonds. The highest BCUT2D eigenvalue weighted by atomic mass is 35.5. The fourth-order valence-corrected chi connectivity index (χ4v) is 2.70. The van der Waals surface area contributed by atoms with Crippen LogP contribution in [0.5, 0.6) is 0 Å². The molecule has 1 aliphatic carbocycles. The van der Waals surface area contributed by atoms with Crippen LogP contribution in [0.1, 0.15) is 46.2 Å². The summed E-state index contributed by atoms with van der Waals surface area (Å²) >= 11 is 0. The minimum Gasteiger partial charge on any atom is -0.348 e. The highest BCUT2D eigenvalue weighted by Crippen LogP contribution is 2.38. The predicted octanol–water partition coefficient (Wildman–Crippen LogP) is 3.19. The van der Waals surface area contributed by atoms with Crippen LogP contribution in [0, 0.1) is 13.8 Å². The lowest BCUT2D eigenvalue weighted by Gasteiger charge is -2.08. The second-order valence-corrected chi connectivity index (χ2v) is 5.42. The largest absolute Gasteiger partial charge is 0.348 e. The molecule has 3 rings (SSSR count). The van der Waals surface area contributed by atoms with Crippen molar-refractivity contribution in [2.75, 3.05) is 0 Å². The van der Waals surface area contributed by atoms with Gasteiger partial charge in [-0.15, -0.1) is 12.4 Å². The van der Waals surface area contributed by atoms with E-state index < -0.39 is 0 Å². The smallest absolute Gasteiger partial charge is 0.251 e. The van der Waals surface area contributed by atoms with Crippen LogP contribution in [0.25, 0.3) is 0 Å². The Labute approximate surface area is 131 Å². The van der Waals surface area contributed by atoms with E-state index in [4.69, 9.17) is 0 Å². The van der Waals surface area contributed by atoms with Crippen molar-refractivity contribution in [2.45, 2.75) is 39.3 Å². The van der Waals surface area contributed by atoms with Gasteiger partial charge < -0.3 is 9.88 Å². The summed E-state index contributed by atoms with van der Waals surface area (Å²) in [5.74, 6) is -0.0522. The number of amides is 1. The number of pyridine rings is 1. The van der Waals surface area contributed by atoms with Crippen molar-refractivity contribution in [3.05, 3.63) is 53.1 Å². The molecule has 1 N–H and O–H groups in total. The molecule has 2 aromatic rings. The maximum absolute atomic E-state index is 12.0. The van der Waals surface area contributed by atoms with Gasteiger partial charge in [0, 0.05) is 41.9 Å². The molecule has 1 fully saturated rings. The molecule has 21 heavy (non-hydrogen) atoms. The first-order chi connectivity index (χ1) is 9.66. The van der Waals surface area contributed by atoms with E-state index in [1.807, 2.05) is 0 Å². The van der Waals surface area contributed by atoms with Gasteiger partial charge in [0.25, 0.3) is 5.91 Å². The maximum Gasteiger partial charge on any atom is 0.251 e. The summed E-state index contributed by atoms with van der Waals surface area (Å²) in [6, 6.07) is 6.31. The molecule has 0 radical (unpaired) electrons. The van der Waals surface area contributed by atoms with Gasteiger partial charge in [-0.1, -0.05) is 0 Å². The van der Waals surface area contributed by atoms with Crippen LogP contribution in [-0.4, -0.2) is 15.5 Å². The summed E-state index contributed by atoms with van der Waals surface area (Å²) in [6.07, 6.45) is 5.82. The van der Waals surface area contributed by atoms with Crippen molar-refractivity contribution in [3.8, 4) is 0 Å². The average Bonchev–Trinajstić information content (AvgIpc) is 3.24. The predicted molar refractivity (Wildman–Crippen MR) is 84.8 cm³/mol. The molecule has 2 aromatic heterocycles. The minimum atomic E-state index is -0.0522. The van der Waals surface area contributed by atoms with Crippen molar-refractivity contribution in [1.82, 2.24) is 14.9 Å². The first kappa shape index (κ1) is 15.6. The van der Waals surface area contributed by atoms with E-state index in [0.717, 1.165) is 0 Å². The second kappa shape index (κ2) is 6.31. The van der Waals surface area contributed by atoms with E-state index in [1.54, 1.807) is 24.5 Å². The molecule has 0 unspecified atom stereocenters. The zero-order valence-corrected chi connectivity index (χ0v) is 13.1. The monoisotopic (exact) mass is 305 g/mol. The summed E-state index contributed by atoms with van der Waals surface area (Å²) in [5, 5.41) is 2.98. The Morgan fingerprint density at radius 1 is 1.33 bits per heavy atom. The van der Waals surface area contributed by atoms with Gasteiger partial charge in [-0.2, -0.15) is 0 Å². The Kier molecular flexibility index (Phi) is 4.68. The van der Waals surface area contributed by atoms with E-state index in [1.165, 1.54) is 29.8 Å². The molecule has 0 spiro atoms. The molecular formula is C16H20ClN3O. The number of aromatic nitrogens is 2. The van der Waals surface area contributed by atoms with E-state index in [9.17, 15) is 4.79 Å². The van der Waals surface area contributed by atoms with E-state index in [0.29, 0.717) is 18.2 Å². The van der Waals surface area contributed by atoms with Crippen molar-refractivity contribution in [3.63, 3.8) is 0 Å². The fourth-order valence-electron chi connectivity index (χ4n) is 2.70. The van der Waals surface area contributed by atoms with Gasteiger partial charge in [0.05, 0.1) is 0 Å². The minimum absolute atomic E-state index is 0. The summed E-state index contributed by atoms with van der Waals surface area (Å²) in [6.45, 7) is 4.85. The van der Waals surface area contributed by atoms with Crippen LogP contribution in [-0.2, 0) is 6.54 Å². The number of aryl methyl sites for hydroxylation is 1. The highest BCUT2D eigenvalue weighted by Gasteiger charge is 2.26. The maximum atomic E-state index is 12.0. The van der Waals surface area contributed by atoms with Crippen LogP contribution < -0.4 is 5.32 Å². The number of hydrogen-bond acceptors (Lipinski definition) is 2. The number of nitrogens with zero attached hydrogens (tertiary/aromatic N) is 2. The third-order valence-corrected chi connectivity index (χ3v) is 3.88. The summed E-state index contributed by atoms with van der Waals surface area (Å²) in [4.78, 5) is 15.9. The Morgan fingerprint density at radius 3 is 2.62 bits per heavy atom. The van der Waals surface area contributed by atoms with Crippen LogP contribution in [0.4, 0.5) is 0 Å². The Bertz CT molecular complexity index is 632. The normalized spacial score (nSPS) is 13.6. The standard InChI is InChI=1S/C16H19N3O.ClH/c1-11-9-14(12(2)19(11)15-3-4-15)10-18-16(20)13-5-7-17-8-6-13;/h5-9,15H,3-4,10H2,1-2H3,(H,18,20);1H. The third-order valence-electron chi connectivity index (χ3n) is 3.88. The van der Waals surface area contributed by atoms with Crippen LogP contribution in [0.15, 0.2) is 30.6 Å². The Balaban J connectivity index is 0.00000161. The summed E-state index contributed by atoms with van der Waals surface area (Å²) < 4.78 is 2.40. The van der Waals surface area contributed by atoms with Crippen molar-refractivity contribution >= 4 is 18.3 Å². The van der Waals surface area contributed by atoms with Crippen molar-refractivity contribution in [2.24, 2.45) is 0 Å². The molecule has 5 heteroatoms. The SMILES string of the molecule is Cc1cc(CNC(=O)c2ccncc2)c(C)n1C1CC1.Cl. The molecule has 4 nitrogen and oxygen atoms in total. The third kappa shape index (κ3) is 3.27. The van der Waals surface area contributed by atoms with Crippen molar-refractivity contribution < 1.29 is 4.79 Å². The molecule has 1 saturated carbocycles. The molecule has 1 aliphatic rings. The summed E-state index contributed by atoms with van der Waals surface area (Å²) in [7, 11) is 0. The van der Waals surface area contributed by atoms with Gasteiger partial charge in [-0.3, -0.25) is 9.78 Å². The molecule has 2 heterocycles. The van der Waals surface area contributed by atoms with Crippen LogP contribution in [0.3, 0.4) is 0 Å². The number of rotatable bonds is 4. The zero-order chi connectivity index (χ0) is 14.1. The number of nitrogens with one attached hydrogen (secondary N) is 1. The average molecular weight is 306 g/mol. The second-order valence-electron chi connectivity index (χ2n) is 5.42. The van der Waals surface area contributed by atoms with Gasteiger partial charge in [0.2, 0.25) is 0 Å². The van der Waals surface area contributed by atoms with E-state index in [2.05, 4.69) is 34.8 Å². The van der Waals surface area contributed by atoms with E-state index >= 15 is 0 Å². The topological polar surface area (TPSA) is 46.9 Å². The highest BCUT2D eigenvalue weighted by molar-refractivity contribution is 5.93. The molecule has 0 aliphatic heterocycles. The van der Waals surface area contributed by atoms with Gasteiger partial charge in [0.1, 0.15) is 0 Å². The molecule has 112 valence electrons. The molecule has 0 aromatic carbocycles. The summed E-state index contributed by atoms with van der Waals surface area (Å²) in [5.41, 5.74) is 4.42. The van der Waals surface area contributed by atoms with Crippen LogP contribution >= 0.6 is 12.4 Å². The quantitative estimate of drug-likeness (QED) is 0.943. The molecule has 0 bridgehead atoms. The first-order valence-electron chi connectivity index (χ1n) is 7.02. The lowest BCUT2D eigenvalue weighted by molar-refractivity contribution is 0.0951. The van der Waals surface area contributed by atoms with Gasteiger partial charge in [-0.25, -0.2) is 0 Å². The number of carbonyl (C=O) groups excluding carboxylic acids is 1. The molecule has 0 atom stereocenters. The number of halogens is 1.